The highest BCUT2D eigenvalue weighted by Crippen LogP contribution is 2.14. The number of aryl methyl sites for hydroxylation is 2. The number of rotatable bonds is 7. The van der Waals surface area contributed by atoms with Crippen LogP contribution in [0.3, 0.4) is 0 Å². The average molecular weight is 318 g/mol. The number of nitrogens with zero attached hydrogens (tertiary/aromatic N) is 1. The Morgan fingerprint density at radius 1 is 1.36 bits per heavy atom. The van der Waals surface area contributed by atoms with Gasteiger partial charge in [0.25, 0.3) is 5.91 Å². The molecule has 4 nitrogen and oxygen atoms in total. The number of hydrogen-bond donors (Lipinski definition) is 1. The van der Waals surface area contributed by atoms with Crippen molar-refractivity contribution in [3.8, 4) is 5.75 Å². The fourth-order valence-electron chi connectivity index (χ4n) is 2.04. The minimum Gasteiger partial charge on any atom is -0.481 e. The zero-order valence-corrected chi connectivity index (χ0v) is 14.1. The number of amides is 1. The molecule has 1 heterocycles. The van der Waals surface area contributed by atoms with Gasteiger partial charge in [-0.05, 0) is 38.0 Å². The van der Waals surface area contributed by atoms with Gasteiger partial charge in [0.15, 0.2) is 6.10 Å². The molecule has 1 aromatic carbocycles. The molecule has 118 valence electrons. The van der Waals surface area contributed by atoms with Gasteiger partial charge in [-0.2, -0.15) is 0 Å². The van der Waals surface area contributed by atoms with Crippen molar-refractivity contribution < 1.29 is 9.53 Å². The molecule has 5 heteroatoms. The van der Waals surface area contributed by atoms with E-state index in [0.29, 0.717) is 6.54 Å². The summed E-state index contributed by atoms with van der Waals surface area (Å²) in [5.74, 6) is 0.612. The predicted octanol–water partition coefficient (Wildman–Crippen LogP) is 3.14. The van der Waals surface area contributed by atoms with Gasteiger partial charge in [0.05, 0.1) is 10.7 Å². The third-order valence-corrected chi connectivity index (χ3v) is 4.18. The SMILES string of the molecule is CCc1ccc(O[C@H](C)C(=O)NCCc2csc(C)n2)cc1. The Morgan fingerprint density at radius 2 is 2.09 bits per heavy atom. The molecule has 0 fully saturated rings. The van der Waals surface area contributed by atoms with Crippen LogP contribution in [-0.2, 0) is 17.6 Å². The van der Waals surface area contributed by atoms with Crippen molar-refractivity contribution >= 4 is 17.2 Å². The number of carbonyl (C=O) groups excluding carboxylic acids is 1. The van der Waals surface area contributed by atoms with E-state index in [0.717, 1.165) is 29.3 Å². The van der Waals surface area contributed by atoms with Crippen LogP contribution in [0.1, 0.15) is 30.1 Å². The van der Waals surface area contributed by atoms with Crippen LogP contribution in [0.5, 0.6) is 5.75 Å². The Bertz CT molecular complexity index is 607. The lowest BCUT2D eigenvalue weighted by molar-refractivity contribution is -0.127. The highest BCUT2D eigenvalue weighted by molar-refractivity contribution is 7.09. The lowest BCUT2D eigenvalue weighted by Gasteiger charge is -2.14. The molecular formula is C17H22N2O2S. The predicted molar refractivity (Wildman–Crippen MR) is 89.5 cm³/mol. The van der Waals surface area contributed by atoms with E-state index < -0.39 is 6.10 Å². The molecule has 0 aliphatic heterocycles. The van der Waals surface area contributed by atoms with Crippen molar-refractivity contribution in [1.29, 1.82) is 0 Å². The molecule has 22 heavy (non-hydrogen) atoms. The average Bonchev–Trinajstić information content (AvgIpc) is 2.93. The standard InChI is InChI=1S/C17H22N2O2S/c1-4-14-5-7-16(8-6-14)21-12(2)17(20)18-10-9-15-11-22-13(3)19-15/h5-8,11-12H,4,9-10H2,1-3H3,(H,18,20)/t12-/m1/s1. The zero-order valence-electron chi connectivity index (χ0n) is 13.3. The first kappa shape index (κ1) is 16.5. The van der Waals surface area contributed by atoms with Crippen molar-refractivity contribution in [2.45, 2.75) is 39.7 Å². The summed E-state index contributed by atoms with van der Waals surface area (Å²) in [4.78, 5) is 16.4. The largest absolute Gasteiger partial charge is 0.481 e. The maximum absolute atomic E-state index is 12.0. The van der Waals surface area contributed by atoms with Crippen molar-refractivity contribution in [3.63, 3.8) is 0 Å². The van der Waals surface area contributed by atoms with Gasteiger partial charge in [-0.3, -0.25) is 4.79 Å². The van der Waals surface area contributed by atoms with E-state index in [-0.39, 0.29) is 5.91 Å². The van der Waals surface area contributed by atoms with Crippen molar-refractivity contribution in [3.05, 3.63) is 45.9 Å². The highest BCUT2D eigenvalue weighted by Gasteiger charge is 2.14. The Kier molecular flexibility index (Phi) is 5.95. The van der Waals surface area contributed by atoms with E-state index in [1.807, 2.05) is 36.6 Å². The molecule has 2 rings (SSSR count). The summed E-state index contributed by atoms with van der Waals surface area (Å²) in [5.41, 5.74) is 2.27. The summed E-state index contributed by atoms with van der Waals surface area (Å²) in [7, 11) is 0. The summed E-state index contributed by atoms with van der Waals surface area (Å²) >= 11 is 1.63. The highest BCUT2D eigenvalue weighted by atomic mass is 32.1. The third kappa shape index (κ3) is 4.84. The molecular weight excluding hydrogens is 296 g/mol. The molecule has 1 aromatic heterocycles. The van der Waals surface area contributed by atoms with Gasteiger partial charge < -0.3 is 10.1 Å². The summed E-state index contributed by atoms with van der Waals surface area (Å²) in [6.07, 6.45) is 1.23. The molecule has 0 aliphatic carbocycles. The molecule has 2 aromatic rings. The number of nitrogens with one attached hydrogen (secondary N) is 1. The molecule has 1 amide bonds. The van der Waals surface area contributed by atoms with E-state index >= 15 is 0 Å². The minimum absolute atomic E-state index is 0.105. The molecule has 0 bridgehead atoms. The fourth-order valence-corrected chi connectivity index (χ4v) is 2.69. The molecule has 0 saturated heterocycles. The molecule has 1 atom stereocenters. The molecule has 1 N–H and O–H groups in total. The van der Waals surface area contributed by atoms with E-state index in [4.69, 9.17) is 4.74 Å². The van der Waals surface area contributed by atoms with Crippen molar-refractivity contribution in [2.75, 3.05) is 6.54 Å². The Hall–Kier alpha value is -1.88. The lowest BCUT2D eigenvalue weighted by Crippen LogP contribution is -2.37. The second-order valence-electron chi connectivity index (χ2n) is 5.16. The Labute approximate surface area is 135 Å². The first-order chi connectivity index (χ1) is 10.6. The van der Waals surface area contributed by atoms with Gasteiger partial charge in [0.1, 0.15) is 5.75 Å². The summed E-state index contributed by atoms with van der Waals surface area (Å²) < 4.78 is 5.66. The summed E-state index contributed by atoms with van der Waals surface area (Å²) in [6, 6.07) is 7.84. The summed E-state index contributed by atoms with van der Waals surface area (Å²) in [6.45, 7) is 6.42. The number of thiazole rings is 1. The van der Waals surface area contributed by atoms with Crippen LogP contribution in [0.25, 0.3) is 0 Å². The van der Waals surface area contributed by atoms with Gasteiger partial charge >= 0.3 is 0 Å². The smallest absolute Gasteiger partial charge is 0.260 e. The van der Waals surface area contributed by atoms with Crippen LogP contribution in [0.4, 0.5) is 0 Å². The first-order valence-electron chi connectivity index (χ1n) is 7.52. The van der Waals surface area contributed by atoms with E-state index in [9.17, 15) is 4.79 Å². The van der Waals surface area contributed by atoms with Crippen LogP contribution in [0, 0.1) is 6.92 Å². The maximum Gasteiger partial charge on any atom is 0.260 e. The zero-order chi connectivity index (χ0) is 15.9. The van der Waals surface area contributed by atoms with Crippen LogP contribution in [-0.4, -0.2) is 23.5 Å². The van der Waals surface area contributed by atoms with Gasteiger partial charge in [0.2, 0.25) is 0 Å². The van der Waals surface area contributed by atoms with Crippen molar-refractivity contribution in [2.24, 2.45) is 0 Å². The maximum atomic E-state index is 12.0. The quantitative estimate of drug-likeness (QED) is 0.853. The minimum atomic E-state index is -0.510. The monoisotopic (exact) mass is 318 g/mol. The third-order valence-electron chi connectivity index (χ3n) is 3.36. The number of hydrogen-bond acceptors (Lipinski definition) is 4. The van der Waals surface area contributed by atoms with Crippen LogP contribution >= 0.6 is 11.3 Å². The number of carbonyl (C=O) groups is 1. The Balaban J connectivity index is 1.76. The Morgan fingerprint density at radius 3 is 2.68 bits per heavy atom. The van der Waals surface area contributed by atoms with Gasteiger partial charge in [0, 0.05) is 18.3 Å². The topological polar surface area (TPSA) is 51.2 Å². The molecule has 0 aliphatic rings. The van der Waals surface area contributed by atoms with Crippen LogP contribution in [0.15, 0.2) is 29.6 Å². The normalized spacial score (nSPS) is 12.0. The number of aromatic nitrogens is 1. The number of benzene rings is 1. The van der Waals surface area contributed by atoms with Crippen molar-refractivity contribution in [1.82, 2.24) is 10.3 Å². The fraction of sp³-hybridized carbons (Fsp3) is 0.412. The number of ether oxygens (including phenoxy) is 1. The second-order valence-corrected chi connectivity index (χ2v) is 6.22. The lowest BCUT2D eigenvalue weighted by atomic mass is 10.2. The van der Waals surface area contributed by atoms with Gasteiger partial charge in [-0.15, -0.1) is 11.3 Å². The van der Waals surface area contributed by atoms with Crippen LogP contribution in [0.2, 0.25) is 0 Å². The molecule has 0 saturated carbocycles. The molecule has 0 radical (unpaired) electrons. The first-order valence-corrected chi connectivity index (χ1v) is 8.40. The molecule has 0 unspecified atom stereocenters. The summed E-state index contributed by atoms with van der Waals surface area (Å²) in [5, 5.41) is 5.96. The van der Waals surface area contributed by atoms with Crippen LogP contribution < -0.4 is 10.1 Å². The molecule has 0 spiro atoms. The van der Waals surface area contributed by atoms with E-state index in [1.54, 1.807) is 18.3 Å². The van der Waals surface area contributed by atoms with E-state index in [1.165, 1.54) is 5.56 Å². The second kappa shape index (κ2) is 7.94. The van der Waals surface area contributed by atoms with E-state index in [2.05, 4.69) is 17.2 Å². The van der Waals surface area contributed by atoms with Gasteiger partial charge in [-0.25, -0.2) is 4.98 Å². The van der Waals surface area contributed by atoms with Gasteiger partial charge in [-0.1, -0.05) is 19.1 Å².